The second-order valence-corrected chi connectivity index (χ2v) is 5.30. The maximum atomic E-state index is 14.4. The van der Waals surface area contributed by atoms with Gasteiger partial charge in [0.25, 0.3) is 0 Å². The average Bonchev–Trinajstić information content (AvgIpc) is 2.90. The third-order valence-electron chi connectivity index (χ3n) is 3.73. The number of pyridine rings is 1. The van der Waals surface area contributed by atoms with E-state index in [2.05, 4.69) is 9.72 Å². The first kappa shape index (κ1) is 16.1. The minimum atomic E-state index is -0.953. The molecule has 0 saturated carbocycles. The molecule has 3 rings (SSSR count). The molecule has 0 spiro atoms. The first-order chi connectivity index (χ1) is 11.5. The molecule has 3 aromatic rings. The summed E-state index contributed by atoms with van der Waals surface area (Å²) < 4.78 is 34.9. The summed E-state index contributed by atoms with van der Waals surface area (Å²) in [4.78, 5) is 15.7. The minimum absolute atomic E-state index is 0.00508. The lowest BCUT2D eigenvalue weighted by molar-refractivity contribution is 0.0599. The average molecular weight is 332 g/mol. The number of hydrogen-bond acceptors (Lipinski definition) is 4. The van der Waals surface area contributed by atoms with Crippen LogP contribution in [0, 0.1) is 18.6 Å². The van der Waals surface area contributed by atoms with E-state index in [1.54, 1.807) is 22.7 Å². The van der Waals surface area contributed by atoms with Crippen LogP contribution in [-0.2, 0) is 11.3 Å². The number of aliphatic hydroxyl groups is 1. The van der Waals surface area contributed by atoms with Crippen LogP contribution in [0.1, 0.15) is 21.6 Å². The van der Waals surface area contributed by atoms with E-state index < -0.39 is 29.8 Å². The fraction of sp³-hybridized carbons (Fsp3) is 0.176. The van der Waals surface area contributed by atoms with Crippen molar-refractivity contribution in [2.45, 2.75) is 13.5 Å². The van der Waals surface area contributed by atoms with E-state index >= 15 is 0 Å². The molecule has 1 aromatic carbocycles. The molecule has 5 nitrogen and oxygen atoms in total. The topological polar surface area (TPSA) is 63.8 Å². The molecule has 24 heavy (non-hydrogen) atoms. The molecule has 0 fully saturated rings. The van der Waals surface area contributed by atoms with E-state index in [0.717, 1.165) is 24.8 Å². The van der Waals surface area contributed by atoms with Gasteiger partial charge < -0.3 is 14.2 Å². The van der Waals surface area contributed by atoms with E-state index in [0.29, 0.717) is 5.65 Å². The summed E-state index contributed by atoms with van der Waals surface area (Å²) in [5, 5.41) is 9.62. The van der Waals surface area contributed by atoms with Gasteiger partial charge in [0.1, 0.15) is 23.0 Å². The maximum absolute atomic E-state index is 14.4. The molecular weight excluding hydrogens is 318 g/mol. The monoisotopic (exact) mass is 332 g/mol. The Hall–Kier alpha value is -2.80. The van der Waals surface area contributed by atoms with Gasteiger partial charge in [-0.2, -0.15) is 0 Å². The quantitative estimate of drug-likeness (QED) is 0.749. The van der Waals surface area contributed by atoms with Gasteiger partial charge in [0.2, 0.25) is 0 Å². The summed E-state index contributed by atoms with van der Waals surface area (Å²) in [6.07, 6.45) is 1.67. The fourth-order valence-electron chi connectivity index (χ4n) is 2.58. The molecule has 0 saturated heterocycles. The number of methoxy groups -OCH3 is 1. The van der Waals surface area contributed by atoms with E-state index in [1.165, 1.54) is 0 Å². The van der Waals surface area contributed by atoms with Crippen molar-refractivity contribution < 1.29 is 23.4 Å². The Morgan fingerprint density at radius 2 is 1.96 bits per heavy atom. The number of halogens is 2. The molecule has 0 radical (unpaired) electrons. The number of carbonyl (C=O) groups excluding carboxylic acids is 1. The Morgan fingerprint density at radius 1 is 1.29 bits per heavy atom. The minimum Gasteiger partial charge on any atom is -0.465 e. The molecule has 1 N–H and O–H groups in total. The second-order valence-electron chi connectivity index (χ2n) is 5.30. The van der Waals surface area contributed by atoms with Crippen molar-refractivity contribution in [1.82, 2.24) is 9.38 Å². The van der Waals surface area contributed by atoms with E-state index in [9.17, 15) is 18.7 Å². The molecule has 0 amide bonds. The summed E-state index contributed by atoms with van der Waals surface area (Å²) in [5.74, 6) is -2.75. The number of carbonyl (C=O) groups is 1. The molecule has 2 aromatic heterocycles. The number of fused-ring (bicyclic) bond motifs is 1. The van der Waals surface area contributed by atoms with Crippen LogP contribution >= 0.6 is 0 Å². The molecule has 0 aliphatic rings. The van der Waals surface area contributed by atoms with Gasteiger partial charge >= 0.3 is 5.97 Å². The Balaban J connectivity index is 2.26. The Morgan fingerprint density at radius 3 is 2.54 bits per heavy atom. The molecule has 2 heterocycles. The highest BCUT2D eigenvalue weighted by molar-refractivity contribution is 5.90. The zero-order valence-electron chi connectivity index (χ0n) is 13.0. The predicted molar refractivity (Wildman–Crippen MR) is 82.5 cm³/mol. The third-order valence-corrected chi connectivity index (χ3v) is 3.73. The lowest BCUT2D eigenvalue weighted by Crippen LogP contribution is -2.05. The number of hydrogen-bond donors (Lipinski definition) is 1. The van der Waals surface area contributed by atoms with Gasteiger partial charge in [-0.05, 0) is 36.8 Å². The van der Waals surface area contributed by atoms with Gasteiger partial charge in [-0.3, -0.25) is 0 Å². The molecule has 0 aliphatic carbocycles. The van der Waals surface area contributed by atoms with Crippen molar-refractivity contribution >= 4 is 11.6 Å². The number of nitrogens with zero attached hydrogens (tertiary/aromatic N) is 2. The standard InChI is InChI=1S/C17H14F2N2O3/c1-9-3-4-21-13(8-22)16(20-14(21)5-9)15-11(18)6-10(7-12(15)19)17(23)24-2/h3-7,22H,8H2,1-2H3. The Bertz CT molecular complexity index is 927. The lowest BCUT2D eigenvalue weighted by atomic mass is 10.1. The number of rotatable bonds is 3. The van der Waals surface area contributed by atoms with Gasteiger partial charge in [0.15, 0.2) is 0 Å². The molecule has 7 heteroatoms. The van der Waals surface area contributed by atoms with Crippen LogP contribution in [0.2, 0.25) is 0 Å². The summed E-state index contributed by atoms with van der Waals surface area (Å²) in [7, 11) is 1.13. The summed E-state index contributed by atoms with van der Waals surface area (Å²) in [6.45, 7) is 1.41. The molecule has 0 unspecified atom stereocenters. The zero-order valence-corrected chi connectivity index (χ0v) is 13.0. The van der Waals surface area contributed by atoms with Gasteiger partial charge in [-0.15, -0.1) is 0 Å². The van der Waals surface area contributed by atoms with Crippen LogP contribution in [0.15, 0.2) is 30.5 Å². The van der Waals surface area contributed by atoms with Crippen molar-refractivity contribution in [2.75, 3.05) is 7.11 Å². The van der Waals surface area contributed by atoms with Crippen molar-refractivity contribution in [1.29, 1.82) is 0 Å². The number of esters is 1. The number of imidazole rings is 1. The zero-order chi connectivity index (χ0) is 17.4. The first-order valence-electron chi connectivity index (χ1n) is 7.12. The SMILES string of the molecule is COC(=O)c1cc(F)c(-c2nc3cc(C)ccn3c2CO)c(F)c1. The van der Waals surface area contributed by atoms with Crippen LogP contribution in [0.4, 0.5) is 8.78 Å². The highest BCUT2D eigenvalue weighted by atomic mass is 19.1. The molecule has 0 atom stereocenters. The lowest BCUT2D eigenvalue weighted by Gasteiger charge is -2.07. The van der Waals surface area contributed by atoms with Gasteiger partial charge in [0, 0.05) is 6.20 Å². The largest absolute Gasteiger partial charge is 0.465 e. The number of aryl methyl sites for hydroxylation is 1. The number of ether oxygens (including phenoxy) is 1. The number of aliphatic hydroxyl groups excluding tert-OH is 1. The number of aromatic nitrogens is 2. The Kier molecular flexibility index (Phi) is 4.02. The van der Waals surface area contributed by atoms with Crippen molar-refractivity contribution in [3.63, 3.8) is 0 Å². The van der Waals surface area contributed by atoms with Crippen LogP contribution in [0.3, 0.4) is 0 Å². The van der Waals surface area contributed by atoms with E-state index in [-0.39, 0.29) is 17.0 Å². The van der Waals surface area contributed by atoms with Gasteiger partial charge in [-0.1, -0.05) is 0 Å². The summed E-state index contributed by atoms with van der Waals surface area (Å²) >= 11 is 0. The van der Waals surface area contributed by atoms with Crippen LogP contribution in [0.5, 0.6) is 0 Å². The van der Waals surface area contributed by atoms with E-state index in [4.69, 9.17) is 0 Å². The van der Waals surface area contributed by atoms with Crippen molar-refractivity contribution in [2.24, 2.45) is 0 Å². The maximum Gasteiger partial charge on any atom is 0.338 e. The van der Waals surface area contributed by atoms with Crippen molar-refractivity contribution in [3.05, 3.63) is 58.9 Å². The normalized spacial score (nSPS) is 11.0. The molecule has 0 aliphatic heterocycles. The fourth-order valence-corrected chi connectivity index (χ4v) is 2.58. The smallest absolute Gasteiger partial charge is 0.338 e. The third kappa shape index (κ3) is 2.52. The summed E-state index contributed by atoms with van der Waals surface area (Å²) in [5.41, 5.74) is 1.01. The first-order valence-corrected chi connectivity index (χ1v) is 7.12. The van der Waals surface area contributed by atoms with Crippen LogP contribution in [-0.4, -0.2) is 27.6 Å². The van der Waals surface area contributed by atoms with Gasteiger partial charge in [0.05, 0.1) is 30.5 Å². The molecule has 0 bridgehead atoms. The summed E-state index contributed by atoms with van der Waals surface area (Å²) in [6, 6.07) is 5.31. The predicted octanol–water partition coefficient (Wildman–Crippen LogP) is 2.87. The van der Waals surface area contributed by atoms with Crippen LogP contribution < -0.4 is 0 Å². The highest BCUT2D eigenvalue weighted by Crippen LogP contribution is 2.30. The van der Waals surface area contributed by atoms with Crippen LogP contribution in [0.25, 0.3) is 16.9 Å². The second kappa shape index (κ2) is 6.01. The highest BCUT2D eigenvalue weighted by Gasteiger charge is 2.22. The Labute approximate surface area is 136 Å². The van der Waals surface area contributed by atoms with Crippen molar-refractivity contribution in [3.8, 4) is 11.3 Å². The number of benzene rings is 1. The molecular formula is C17H14F2N2O3. The van der Waals surface area contributed by atoms with Gasteiger partial charge in [-0.25, -0.2) is 18.6 Å². The van der Waals surface area contributed by atoms with E-state index in [1.807, 2.05) is 6.92 Å². The molecule has 124 valence electrons.